The SMILES string of the molecule is C/C(=C/[C@@H](O)[C@H](C)C(=O)N1C(=O)OC[C@@H]1Cc1ccccc1)CO[Si](c1ccccc1)(c1ccccc1)C(C)(C)C. The van der Waals surface area contributed by atoms with E-state index in [1.165, 1.54) is 15.3 Å². The van der Waals surface area contributed by atoms with E-state index in [4.69, 9.17) is 9.16 Å². The number of aliphatic hydroxyl groups excluding tert-OH is 1. The van der Waals surface area contributed by atoms with E-state index in [0.29, 0.717) is 13.0 Å². The second-order valence-electron chi connectivity index (χ2n) is 11.9. The summed E-state index contributed by atoms with van der Waals surface area (Å²) in [4.78, 5) is 27.1. The zero-order chi connectivity index (χ0) is 29.6. The minimum Gasteiger partial charge on any atom is -0.447 e. The highest BCUT2D eigenvalue weighted by molar-refractivity contribution is 6.99. The normalized spacial score (nSPS) is 17.7. The number of carbonyl (C=O) groups is 2. The van der Waals surface area contributed by atoms with E-state index >= 15 is 0 Å². The molecule has 3 aromatic carbocycles. The third kappa shape index (κ3) is 6.69. The highest BCUT2D eigenvalue weighted by Gasteiger charge is 2.50. The van der Waals surface area contributed by atoms with E-state index in [0.717, 1.165) is 11.1 Å². The van der Waals surface area contributed by atoms with Crippen LogP contribution in [0.25, 0.3) is 0 Å². The monoisotopic (exact) mass is 571 g/mol. The predicted molar refractivity (Wildman–Crippen MR) is 165 cm³/mol. The Hall–Kier alpha value is -3.52. The lowest BCUT2D eigenvalue weighted by atomic mass is 9.99. The van der Waals surface area contributed by atoms with Crippen molar-refractivity contribution >= 4 is 30.7 Å². The first-order valence-corrected chi connectivity index (χ1v) is 16.1. The van der Waals surface area contributed by atoms with Crippen molar-refractivity contribution in [2.75, 3.05) is 13.2 Å². The average Bonchev–Trinajstić information content (AvgIpc) is 3.32. The van der Waals surface area contributed by atoms with E-state index in [2.05, 4.69) is 45.0 Å². The summed E-state index contributed by atoms with van der Waals surface area (Å²) >= 11 is 0. The zero-order valence-electron chi connectivity index (χ0n) is 24.6. The number of rotatable bonds is 10. The Kier molecular flexibility index (Phi) is 9.63. The molecule has 0 radical (unpaired) electrons. The topological polar surface area (TPSA) is 76.1 Å². The Balaban J connectivity index is 1.52. The Morgan fingerprint density at radius 3 is 2.02 bits per heavy atom. The molecule has 1 heterocycles. The van der Waals surface area contributed by atoms with Crippen molar-refractivity contribution in [2.45, 2.75) is 58.2 Å². The second kappa shape index (κ2) is 13.0. The maximum atomic E-state index is 13.4. The van der Waals surface area contributed by atoms with Gasteiger partial charge in [0.1, 0.15) is 6.61 Å². The Morgan fingerprint density at radius 2 is 1.51 bits per heavy atom. The van der Waals surface area contributed by atoms with Crippen LogP contribution in [0.3, 0.4) is 0 Å². The van der Waals surface area contributed by atoms with Gasteiger partial charge in [-0.1, -0.05) is 130 Å². The molecule has 3 aromatic rings. The zero-order valence-corrected chi connectivity index (χ0v) is 25.6. The fourth-order valence-corrected chi connectivity index (χ4v) is 10.2. The van der Waals surface area contributed by atoms with Crippen molar-refractivity contribution in [2.24, 2.45) is 5.92 Å². The number of hydrogen-bond donors (Lipinski definition) is 1. The maximum Gasteiger partial charge on any atom is 0.416 e. The predicted octanol–water partition coefficient (Wildman–Crippen LogP) is 5.10. The summed E-state index contributed by atoms with van der Waals surface area (Å²) in [7, 11) is -2.75. The Labute approximate surface area is 244 Å². The number of ether oxygens (including phenoxy) is 1. The number of benzene rings is 3. The van der Waals surface area contributed by atoms with E-state index in [1.54, 1.807) is 13.0 Å². The van der Waals surface area contributed by atoms with Crippen molar-refractivity contribution in [3.63, 3.8) is 0 Å². The molecule has 0 aromatic heterocycles. The molecule has 7 heteroatoms. The highest BCUT2D eigenvalue weighted by atomic mass is 28.4. The van der Waals surface area contributed by atoms with Crippen molar-refractivity contribution in [1.29, 1.82) is 0 Å². The molecule has 1 fully saturated rings. The molecule has 1 N–H and O–H groups in total. The van der Waals surface area contributed by atoms with Gasteiger partial charge in [-0.25, -0.2) is 9.69 Å². The molecule has 4 rings (SSSR count). The number of amides is 2. The van der Waals surface area contributed by atoms with Crippen molar-refractivity contribution in [3.8, 4) is 0 Å². The lowest BCUT2D eigenvalue weighted by Gasteiger charge is -2.43. The van der Waals surface area contributed by atoms with Gasteiger partial charge >= 0.3 is 6.09 Å². The average molecular weight is 572 g/mol. The summed E-state index contributed by atoms with van der Waals surface area (Å²) in [6.45, 7) is 10.6. The number of cyclic esters (lactones) is 1. The van der Waals surface area contributed by atoms with Gasteiger partial charge < -0.3 is 14.3 Å². The quantitative estimate of drug-likeness (QED) is 0.271. The molecule has 0 spiro atoms. The minimum absolute atomic E-state index is 0.142. The maximum absolute atomic E-state index is 13.4. The lowest BCUT2D eigenvalue weighted by Crippen LogP contribution is -2.66. The molecule has 0 unspecified atom stereocenters. The van der Waals surface area contributed by atoms with Crippen molar-refractivity contribution < 1.29 is 23.9 Å². The fraction of sp³-hybridized carbons (Fsp3) is 0.353. The third-order valence-corrected chi connectivity index (χ3v) is 12.8. The first-order chi connectivity index (χ1) is 19.5. The van der Waals surface area contributed by atoms with E-state index in [9.17, 15) is 14.7 Å². The molecular weight excluding hydrogens is 530 g/mol. The summed E-state index contributed by atoms with van der Waals surface area (Å²) < 4.78 is 12.2. The van der Waals surface area contributed by atoms with Gasteiger partial charge in [0.2, 0.25) is 5.91 Å². The number of hydrogen-bond acceptors (Lipinski definition) is 5. The van der Waals surface area contributed by atoms with Crippen LogP contribution >= 0.6 is 0 Å². The summed E-state index contributed by atoms with van der Waals surface area (Å²) in [5.41, 5.74) is 1.83. The Bertz CT molecular complexity index is 1300. The van der Waals surface area contributed by atoms with Gasteiger partial charge in [-0.05, 0) is 34.3 Å². The van der Waals surface area contributed by atoms with E-state index in [-0.39, 0.29) is 11.6 Å². The summed E-state index contributed by atoms with van der Waals surface area (Å²) in [6.07, 6.45) is 0.428. The van der Waals surface area contributed by atoms with Crippen LogP contribution in [0.4, 0.5) is 4.79 Å². The highest BCUT2D eigenvalue weighted by Crippen LogP contribution is 2.37. The number of aliphatic hydroxyl groups is 1. The number of carbonyl (C=O) groups excluding carboxylic acids is 2. The molecule has 0 aliphatic carbocycles. The summed E-state index contributed by atoms with van der Waals surface area (Å²) in [6, 6.07) is 30.0. The molecule has 1 aliphatic rings. The van der Waals surface area contributed by atoms with Crippen molar-refractivity contribution in [1.82, 2.24) is 4.90 Å². The molecule has 1 saturated heterocycles. The molecule has 2 amide bonds. The van der Waals surface area contributed by atoms with Crippen LogP contribution in [0.1, 0.15) is 40.2 Å². The first-order valence-electron chi connectivity index (χ1n) is 14.2. The van der Waals surface area contributed by atoms with Crippen LogP contribution in [-0.2, 0) is 20.4 Å². The van der Waals surface area contributed by atoms with Gasteiger partial charge in [-0.2, -0.15) is 0 Å². The standard InChI is InChI=1S/C34H41NO5Si/c1-25(23-40-41(34(3,4)5,29-17-11-7-12-18-29)30-19-13-8-14-20-30)21-31(36)26(2)32(37)35-28(24-39-33(35)38)22-27-15-9-6-10-16-27/h6-21,26,28,31,36H,22-24H2,1-5H3/b25-21-/t26-,28-,31+/m0/s1. The van der Waals surface area contributed by atoms with E-state index in [1.807, 2.05) is 73.7 Å². The van der Waals surface area contributed by atoms with Crippen LogP contribution in [0.2, 0.25) is 5.04 Å². The molecule has 1 aliphatic heterocycles. The smallest absolute Gasteiger partial charge is 0.416 e. The molecule has 0 saturated carbocycles. The van der Waals surface area contributed by atoms with Crippen LogP contribution < -0.4 is 10.4 Å². The Morgan fingerprint density at radius 1 is 1.00 bits per heavy atom. The van der Waals surface area contributed by atoms with Gasteiger partial charge in [-0.3, -0.25) is 4.79 Å². The van der Waals surface area contributed by atoms with Gasteiger partial charge in [0.25, 0.3) is 8.32 Å². The summed E-state index contributed by atoms with van der Waals surface area (Å²) in [5, 5.41) is 13.3. The van der Waals surface area contributed by atoms with Gasteiger partial charge in [-0.15, -0.1) is 0 Å². The molecule has 0 bridgehead atoms. The van der Waals surface area contributed by atoms with Crippen LogP contribution in [0.15, 0.2) is 103 Å². The second-order valence-corrected chi connectivity index (χ2v) is 16.2. The fourth-order valence-electron chi connectivity index (χ4n) is 5.60. The molecule has 3 atom stereocenters. The molecule has 216 valence electrons. The van der Waals surface area contributed by atoms with Crippen LogP contribution in [0, 0.1) is 5.92 Å². The molecule has 6 nitrogen and oxygen atoms in total. The van der Waals surface area contributed by atoms with Crippen LogP contribution in [0.5, 0.6) is 0 Å². The molecular formula is C34H41NO5Si. The van der Waals surface area contributed by atoms with Crippen LogP contribution in [-0.4, -0.2) is 55.7 Å². The molecule has 41 heavy (non-hydrogen) atoms. The third-order valence-electron chi connectivity index (χ3n) is 7.80. The lowest BCUT2D eigenvalue weighted by molar-refractivity contribution is -0.135. The van der Waals surface area contributed by atoms with Gasteiger partial charge in [0.05, 0.1) is 24.7 Å². The van der Waals surface area contributed by atoms with Crippen molar-refractivity contribution in [3.05, 3.63) is 108 Å². The van der Waals surface area contributed by atoms with E-state index < -0.39 is 38.4 Å². The van der Waals surface area contributed by atoms with Gasteiger partial charge in [0, 0.05) is 0 Å². The van der Waals surface area contributed by atoms with Gasteiger partial charge in [0.15, 0.2) is 0 Å². The number of nitrogens with zero attached hydrogens (tertiary/aromatic N) is 1. The first kappa shape index (κ1) is 30.4. The summed E-state index contributed by atoms with van der Waals surface area (Å²) in [5.74, 6) is -1.28. The minimum atomic E-state index is -2.75. The number of imide groups is 1. The largest absolute Gasteiger partial charge is 0.447 e.